The topological polar surface area (TPSA) is 66.8 Å². The van der Waals surface area contributed by atoms with Crippen LogP contribution in [-0.2, 0) is 14.3 Å². The highest BCUT2D eigenvalue weighted by Crippen LogP contribution is 2.40. The van der Waals surface area contributed by atoms with Crippen LogP contribution in [0.4, 0.5) is 4.39 Å². The van der Waals surface area contributed by atoms with Crippen LogP contribution in [0, 0.1) is 11.2 Å². The maximum atomic E-state index is 13.2. The minimum absolute atomic E-state index is 0.0511. The summed E-state index contributed by atoms with van der Waals surface area (Å²) in [6.45, 7) is 5.63. The Morgan fingerprint density at radius 3 is 2.38 bits per heavy atom. The predicted octanol–water partition coefficient (Wildman–Crippen LogP) is 2.78. The molecule has 0 spiro atoms. The van der Waals surface area contributed by atoms with Crippen molar-refractivity contribution in [2.45, 2.75) is 26.8 Å². The van der Waals surface area contributed by atoms with E-state index in [0.717, 1.165) is 0 Å². The largest absolute Gasteiger partial charge is 0.503 e. The van der Waals surface area contributed by atoms with Gasteiger partial charge in [0.25, 0.3) is 5.91 Å². The van der Waals surface area contributed by atoms with E-state index in [9.17, 15) is 19.1 Å². The molecule has 0 aromatic heterocycles. The van der Waals surface area contributed by atoms with E-state index >= 15 is 0 Å². The van der Waals surface area contributed by atoms with Gasteiger partial charge in [0, 0.05) is 19.1 Å². The number of nitrogens with zero attached hydrogens (tertiary/aromatic N) is 1. The molecule has 1 amide bonds. The summed E-state index contributed by atoms with van der Waals surface area (Å²) in [6.07, 6.45) is 0. The average molecular weight is 335 g/mol. The van der Waals surface area contributed by atoms with Crippen LogP contribution in [0.25, 0.3) is 0 Å². The number of rotatable bonds is 5. The highest BCUT2D eigenvalue weighted by Gasteiger charge is 2.45. The quantitative estimate of drug-likeness (QED) is 0.898. The molecule has 5 nitrogen and oxygen atoms in total. The molecule has 1 heterocycles. The molecule has 1 unspecified atom stereocenters. The van der Waals surface area contributed by atoms with E-state index in [4.69, 9.17) is 4.74 Å². The van der Waals surface area contributed by atoms with Crippen molar-refractivity contribution in [1.82, 2.24) is 4.90 Å². The van der Waals surface area contributed by atoms with Crippen molar-refractivity contribution in [3.05, 3.63) is 47.0 Å². The van der Waals surface area contributed by atoms with Crippen LogP contribution in [0.5, 0.6) is 0 Å². The van der Waals surface area contributed by atoms with Gasteiger partial charge in [-0.25, -0.2) is 4.39 Å². The lowest BCUT2D eigenvalue weighted by molar-refractivity contribution is -0.130. The third-order valence-corrected chi connectivity index (χ3v) is 3.95. The lowest BCUT2D eigenvalue weighted by Gasteiger charge is -2.28. The third kappa shape index (κ3) is 3.33. The zero-order chi connectivity index (χ0) is 18.1. The predicted molar refractivity (Wildman–Crippen MR) is 86.8 cm³/mol. The van der Waals surface area contributed by atoms with Crippen molar-refractivity contribution in [1.29, 1.82) is 0 Å². The Hall–Kier alpha value is -2.21. The van der Waals surface area contributed by atoms with Crippen molar-refractivity contribution in [3.63, 3.8) is 0 Å². The summed E-state index contributed by atoms with van der Waals surface area (Å²) in [6, 6.07) is 4.81. The van der Waals surface area contributed by atoms with Crippen LogP contribution in [-0.4, -0.2) is 42.0 Å². The van der Waals surface area contributed by atoms with Crippen molar-refractivity contribution >= 4 is 11.7 Å². The molecule has 24 heavy (non-hydrogen) atoms. The maximum Gasteiger partial charge on any atom is 0.290 e. The molecule has 0 saturated heterocycles. The Bertz CT molecular complexity index is 673. The number of ether oxygens (including phenoxy) is 1. The second-order valence-electron chi connectivity index (χ2n) is 6.79. The summed E-state index contributed by atoms with van der Waals surface area (Å²) >= 11 is 0. The number of hydrogen-bond donors (Lipinski definition) is 1. The van der Waals surface area contributed by atoms with Gasteiger partial charge < -0.3 is 14.7 Å². The highest BCUT2D eigenvalue weighted by molar-refractivity contribution is 6.10. The van der Waals surface area contributed by atoms with Crippen molar-refractivity contribution in [2.75, 3.05) is 20.3 Å². The van der Waals surface area contributed by atoms with E-state index in [1.54, 1.807) is 20.8 Å². The number of amides is 1. The summed E-state index contributed by atoms with van der Waals surface area (Å²) in [4.78, 5) is 26.6. The summed E-state index contributed by atoms with van der Waals surface area (Å²) in [5, 5.41) is 10.3. The van der Waals surface area contributed by atoms with E-state index in [1.807, 2.05) is 0 Å². The summed E-state index contributed by atoms with van der Waals surface area (Å²) in [5.74, 6) is -1.89. The number of halogens is 1. The molecule has 1 aromatic carbocycles. The number of carbonyl (C=O) groups excluding carboxylic acids is 2. The van der Waals surface area contributed by atoms with Crippen LogP contribution < -0.4 is 0 Å². The number of aliphatic hydroxyl groups is 1. The molecule has 0 saturated carbocycles. The van der Waals surface area contributed by atoms with Gasteiger partial charge in [-0.15, -0.1) is 0 Å². The van der Waals surface area contributed by atoms with Gasteiger partial charge in [0.1, 0.15) is 5.82 Å². The van der Waals surface area contributed by atoms with Gasteiger partial charge in [0.15, 0.2) is 11.5 Å². The molecule has 1 aliphatic heterocycles. The lowest BCUT2D eigenvalue weighted by Crippen LogP contribution is -2.35. The van der Waals surface area contributed by atoms with Crippen LogP contribution in [0.3, 0.4) is 0 Å². The average Bonchev–Trinajstić information content (AvgIpc) is 2.76. The molecule has 0 fully saturated rings. The van der Waals surface area contributed by atoms with Gasteiger partial charge in [-0.3, -0.25) is 9.59 Å². The van der Waals surface area contributed by atoms with Crippen molar-refractivity contribution < 1.29 is 23.8 Å². The number of aliphatic hydroxyl groups excluding tert-OH is 1. The van der Waals surface area contributed by atoms with E-state index in [2.05, 4.69) is 0 Å². The Morgan fingerprint density at radius 2 is 1.88 bits per heavy atom. The molecule has 6 heteroatoms. The standard InChI is InChI=1S/C18H22FNO4/c1-18(2,3)16(22)13-14(11-5-7-12(19)8-6-11)20(9-10-24-4)17(23)15(13)21/h5-8,14,21H,9-10H2,1-4H3. The highest BCUT2D eigenvalue weighted by atomic mass is 19.1. The van der Waals surface area contributed by atoms with Gasteiger partial charge in [0.05, 0.1) is 18.2 Å². The molecular formula is C18H22FNO4. The van der Waals surface area contributed by atoms with Crippen LogP contribution in [0.1, 0.15) is 32.4 Å². The first kappa shape index (κ1) is 18.1. The molecule has 2 rings (SSSR count). The fourth-order valence-electron chi connectivity index (χ4n) is 2.70. The number of ketones is 1. The van der Waals surface area contributed by atoms with Gasteiger partial charge in [-0.1, -0.05) is 32.9 Å². The molecule has 0 bridgehead atoms. The molecule has 1 aromatic rings. The normalized spacial score (nSPS) is 18.5. The molecule has 0 aliphatic carbocycles. The number of hydrogen-bond acceptors (Lipinski definition) is 4. The fraction of sp³-hybridized carbons (Fsp3) is 0.444. The maximum absolute atomic E-state index is 13.2. The summed E-state index contributed by atoms with van der Waals surface area (Å²) in [5.41, 5.74) is -0.146. The van der Waals surface area contributed by atoms with Crippen LogP contribution in [0.15, 0.2) is 35.6 Å². The molecule has 1 atom stereocenters. The van der Waals surface area contributed by atoms with E-state index in [1.165, 1.54) is 36.3 Å². The zero-order valence-corrected chi connectivity index (χ0v) is 14.3. The second-order valence-corrected chi connectivity index (χ2v) is 6.79. The number of carbonyl (C=O) groups is 2. The lowest BCUT2D eigenvalue weighted by atomic mass is 9.82. The van der Waals surface area contributed by atoms with E-state index < -0.39 is 28.9 Å². The number of methoxy groups -OCH3 is 1. The van der Waals surface area contributed by atoms with E-state index in [-0.39, 0.29) is 24.5 Å². The van der Waals surface area contributed by atoms with Gasteiger partial charge in [-0.2, -0.15) is 0 Å². The second kappa shape index (κ2) is 6.73. The number of benzene rings is 1. The summed E-state index contributed by atoms with van der Waals surface area (Å²) in [7, 11) is 1.50. The number of Topliss-reactive ketones (excluding diaryl/α,β-unsaturated/α-hetero) is 1. The first-order valence-corrected chi connectivity index (χ1v) is 7.71. The van der Waals surface area contributed by atoms with Crippen molar-refractivity contribution in [3.8, 4) is 0 Å². The minimum Gasteiger partial charge on any atom is -0.503 e. The molecule has 130 valence electrons. The molecule has 0 radical (unpaired) electrons. The minimum atomic E-state index is -0.765. The van der Waals surface area contributed by atoms with Gasteiger partial charge in [0.2, 0.25) is 0 Å². The van der Waals surface area contributed by atoms with Crippen LogP contribution in [0.2, 0.25) is 0 Å². The fourth-order valence-corrected chi connectivity index (χ4v) is 2.70. The first-order valence-electron chi connectivity index (χ1n) is 7.71. The molecule has 1 N–H and O–H groups in total. The van der Waals surface area contributed by atoms with E-state index in [0.29, 0.717) is 5.56 Å². The Morgan fingerprint density at radius 1 is 1.29 bits per heavy atom. The Labute approximate surface area is 140 Å². The van der Waals surface area contributed by atoms with Crippen molar-refractivity contribution in [2.24, 2.45) is 5.41 Å². The zero-order valence-electron chi connectivity index (χ0n) is 14.3. The Kier molecular flexibility index (Phi) is 5.08. The Balaban J connectivity index is 2.53. The third-order valence-electron chi connectivity index (χ3n) is 3.95. The SMILES string of the molecule is COCCN1C(=O)C(O)=C(C(=O)C(C)(C)C)C1c1ccc(F)cc1. The first-order chi connectivity index (χ1) is 11.2. The monoisotopic (exact) mass is 335 g/mol. The van der Waals surface area contributed by atoms with Crippen LogP contribution >= 0.6 is 0 Å². The molecular weight excluding hydrogens is 313 g/mol. The summed E-state index contributed by atoms with van der Waals surface area (Å²) < 4.78 is 18.3. The van der Waals surface area contributed by atoms with Gasteiger partial charge >= 0.3 is 0 Å². The molecule has 1 aliphatic rings. The van der Waals surface area contributed by atoms with Gasteiger partial charge in [-0.05, 0) is 17.7 Å². The smallest absolute Gasteiger partial charge is 0.290 e.